The van der Waals surface area contributed by atoms with Crippen molar-refractivity contribution in [1.82, 2.24) is 5.32 Å². The van der Waals surface area contributed by atoms with E-state index in [0.29, 0.717) is 25.1 Å². The highest BCUT2D eigenvalue weighted by atomic mass is 32.1. The lowest BCUT2D eigenvalue weighted by atomic mass is 10.1. The number of amides is 1. The number of aliphatic carboxylic acids is 1. The second-order valence-corrected chi connectivity index (χ2v) is 4.02. The Balaban J connectivity index is 3.77. The van der Waals surface area contributed by atoms with Gasteiger partial charge < -0.3 is 16.2 Å². The monoisotopic (exact) mass is 248 g/mol. The van der Waals surface area contributed by atoms with E-state index in [4.69, 9.17) is 10.8 Å². The number of hydrogen-bond acceptors (Lipinski definition) is 4. The Morgan fingerprint density at radius 3 is 2.50 bits per heavy atom. The molecule has 0 aromatic heterocycles. The van der Waals surface area contributed by atoms with Crippen LogP contribution < -0.4 is 11.1 Å². The van der Waals surface area contributed by atoms with Crippen LogP contribution in [0.5, 0.6) is 0 Å². The summed E-state index contributed by atoms with van der Waals surface area (Å²) in [6, 6.07) is -0.820. The number of unbranched alkanes of at least 4 members (excludes halogenated alkanes) is 2. The van der Waals surface area contributed by atoms with E-state index in [2.05, 4.69) is 17.9 Å². The van der Waals surface area contributed by atoms with Crippen LogP contribution in [0.25, 0.3) is 0 Å². The second-order valence-electron chi connectivity index (χ2n) is 3.57. The summed E-state index contributed by atoms with van der Waals surface area (Å²) in [5.74, 6) is -0.791. The number of thiol groups is 1. The standard InChI is InChI=1S/C10H20N2O3S/c11-6-3-1-2-4-9(13)12-8(5-7-16)10(14)15/h8,16H,1-7,11H2,(H,12,13)(H,14,15). The normalized spacial score (nSPS) is 12.1. The van der Waals surface area contributed by atoms with E-state index in [1.54, 1.807) is 0 Å². The summed E-state index contributed by atoms with van der Waals surface area (Å²) in [6.45, 7) is 0.624. The number of hydrogen-bond donors (Lipinski definition) is 4. The summed E-state index contributed by atoms with van der Waals surface area (Å²) < 4.78 is 0. The minimum atomic E-state index is -1.01. The van der Waals surface area contributed by atoms with Crippen molar-refractivity contribution >= 4 is 24.5 Å². The Labute approximate surface area is 101 Å². The van der Waals surface area contributed by atoms with Crippen molar-refractivity contribution in [3.8, 4) is 0 Å². The van der Waals surface area contributed by atoms with Crippen LogP contribution in [0, 0.1) is 0 Å². The van der Waals surface area contributed by atoms with Crippen LogP contribution in [-0.4, -0.2) is 35.3 Å². The van der Waals surface area contributed by atoms with Crippen LogP contribution >= 0.6 is 12.6 Å². The van der Waals surface area contributed by atoms with Gasteiger partial charge in [0.1, 0.15) is 6.04 Å². The molecule has 1 unspecified atom stereocenters. The van der Waals surface area contributed by atoms with Crippen molar-refractivity contribution in [3.05, 3.63) is 0 Å². The first-order valence-corrected chi connectivity index (χ1v) is 6.08. The highest BCUT2D eigenvalue weighted by Crippen LogP contribution is 2.01. The lowest BCUT2D eigenvalue weighted by Gasteiger charge is -2.13. The molecule has 0 rings (SSSR count). The van der Waals surface area contributed by atoms with Gasteiger partial charge >= 0.3 is 5.97 Å². The van der Waals surface area contributed by atoms with Crippen LogP contribution in [0.3, 0.4) is 0 Å². The molecule has 1 atom stereocenters. The topological polar surface area (TPSA) is 92.4 Å². The fourth-order valence-corrected chi connectivity index (χ4v) is 1.52. The highest BCUT2D eigenvalue weighted by molar-refractivity contribution is 7.80. The van der Waals surface area contributed by atoms with Crippen LogP contribution in [0.1, 0.15) is 32.1 Å². The van der Waals surface area contributed by atoms with Gasteiger partial charge in [0.25, 0.3) is 0 Å². The molecule has 1 amide bonds. The summed E-state index contributed by atoms with van der Waals surface area (Å²) >= 11 is 3.95. The third kappa shape index (κ3) is 7.53. The first kappa shape index (κ1) is 15.2. The minimum Gasteiger partial charge on any atom is -0.480 e. The number of carboxylic acids is 1. The van der Waals surface area contributed by atoms with Crippen molar-refractivity contribution in [1.29, 1.82) is 0 Å². The molecule has 0 aromatic carbocycles. The molecular weight excluding hydrogens is 228 g/mol. The lowest BCUT2D eigenvalue weighted by Crippen LogP contribution is -2.40. The number of nitrogens with one attached hydrogen (secondary N) is 1. The van der Waals surface area contributed by atoms with Gasteiger partial charge in [-0.25, -0.2) is 4.79 Å². The number of rotatable bonds is 9. The molecule has 4 N–H and O–H groups in total. The van der Waals surface area contributed by atoms with Gasteiger partial charge in [0.2, 0.25) is 5.91 Å². The van der Waals surface area contributed by atoms with Gasteiger partial charge in [0.05, 0.1) is 0 Å². The van der Waals surface area contributed by atoms with Gasteiger partial charge in [-0.1, -0.05) is 6.42 Å². The molecule has 94 valence electrons. The summed E-state index contributed by atoms with van der Waals surface area (Å²) in [7, 11) is 0. The molecule has 16 heavy (non-hydrogen) atoms. The van der Waals surface area contributed by atoms with E-state index in [-0.39, 0.29) is 5.91 Å². The van der Waals surface area contributed by atoms with Crippen molar-refractivity contribution in [3.63, 3.8) is 0 Å². The van der Waals surface area contributed by atoms with Crippen LogP contribution in [-0.2, 0) is 9.59 Å². The van der Waals surface area contributed by atoms with E-state index >= 15 is 0 Å². The molecule has 0 aliphatic carbocycles. The van der Waals surface area contributed by atoms with Crippen molar-refractivity contribution in [2.24, 2.45) is 5.73 Å². The quantitative estimate of drug-likeness (QED) is 0.351. The van der Waals surface area contributed by atoms with Gasteiger partial charge in [-0.3, -0.25) is 4.79 Å². The van der Waals surface area contributed by atoms with Gasteiger partial charge in [-0.2, -0.15) is 12.6 Å². The Kier molecular flexibility index (Phi) is 9.03. The third-order valence-electron chi connectivity index (χ3n) is 2.16. The summed E-state index contributed by atoms with van der Waals surface area (Å²) in [4.78, 5) is 22.1. The first-order chi connectivity index (χ1) is 7.61. The third-order valence-corrected chi connectivity index (χ3v) is 2.42. The Morgan fingerprint density at radius 1 is 1.31 bits per heavy atom. The SMILES string of the molecule is NCCCCCC(=O)NC(CCS)C(=O)O. The molecule has 0 saturated carbocycles. The summed E-state index contributed by atoms with van der Waals surface area (Å²) in [6.07, 6.45) is 3.24. The second kappa shape index (κ2) is 9.47. The Bertz CT molecular complexity index is 224. The molecule has 0 aromatic rings. The zero-order chi connectivity index (χ0) is 12.4. The zero-order valence-corrected chi connectivity index (χ0v) is 10.2. The maximum atomic E-state index is 11.4. The van der Waals surface area contributed by atoms with Gasteiger partial charge in [0, 0.05) is 6.42 Å². The smallest absolute Gasteiger partial charge is 0.326 e. The predicted octanol–water partition coefficient (Wildman–Crippen LogP) is 0.395. The van der Waals surface area contributed by atoms with Crippen LogP contribution in [0.2, 0.25) is 0 Å². The minimum absolute atomic E-state index is 0.216. The fourth-order valence-electron chi connectivity index (χ4n) is 1.26. The molecule has 0 bridgehead atoms. The Hall–Kier alpha value is -0.750. The van der Waals surface area contributed by atoms with Crippen molar-refractivity contribution < 1.29 is 14.7 Å². The lowest BCUT2D eigenvalue weighted by molar-refractivity contribution is -0.141. The van der Waals surface area contributed by atoms with E-state index in [9.17, 15) is 9.59 Å². The molecule has 0 aliphatic rings. The van der Waals surface area contributed by atoms with Crippen molar-refractivity contribution in [2.45, 2.75) is 38.1 Å². The molecular formula is C10H20N2O3S. The number of carboxylic acid groups (broad SMARTS) is 1. The van der Waals surface area contributed by atoms with Gasteiger partial charge in [-0.05, 0) is 31.6 Å². The molecule has 0 heterocycles. The predicted molar refractivity (Wildman–Crippen MR) is 65.6 cm³/mol. The first-order valence-electron chi connectivity index (χ1n) is 5.45. The average Bonchev–Trinajstić information content (AvgIpc) is 2.23. The van der Waals surface area contributed by atoms with Gasteiger partial charge in [0.15, 0.2) is 0 Å². The molecule has 0 spiro atoms. The van der Waals surface area contributed by atoms with Crippen molar-refractivity contribution in [2.75, 3.05) is 12.3 Å². The highest BCUT2D eigenvalue weighted by Gasteiger charge is 2.18. The summed E-state index contributed by atoms with van der Waals surface area (Å²) in [5.41, 5.74) is 5.32. The molecule has 0 saturated heterocycles. The van der Waals surface area contributed by atoms with Crippen LogP contribution in [0.4, 0.5) is 0 Å². The summed E-state index contributed by atoms with van der Waals surface area (Å²) in [5, 5.41) is 11.3. The molecule has 0 radical (unpaired) electrons. The number of carbonyl (C=O) groups excluding carboxylic acids is 1. The van der Waals surface area contributed by atoms with E-state index in [1.807, 2.05) is 0 Å². The molecule has 0 aliphatic heterocycles. The van der Waals surface area contributed by atoms with Gasteiger partial charge in [-0.15, -0.1) is 0 Å². The molecule has 0 fully saturated rings. The average molecular weight is 248 g/mol. The maximum absolute atomic E-state index is 11.4. The van der Waals surface area contributed by atoms with Crippen LogP contribution in [0.15, 0.2) is 0 Å². The molecule has 6 heteroatoms. The fraction of sp³-hybridized carbons (Fsp3) is 0.800. The van der Waals surface area contributed by atoms with E-state index < -0.39 is 12.0 Å². The van der Waals surface area contributed by atoms with E-state index in [0.717, 1.165) is 19.3 Å². The number of carbonyl (C=O) groups is 2. The van der Waals surface area contributed by atoms with E-state index in [1.165, 1.54) is 0 Å². The molecule has 5 nitrogen and oxygen atoms in total. The number of nitrogens with two attached hydrogens (primary N) is 1. The maximum Gasteiger partial charge on any atom is 0.326 e. The Morgan fingerprint density at radius 2 is 2.00 bits per heavy atom. The zero-order valence-electron chi connectivity index (χ0n) is 9.32. The largest absolute Gasteiger partial charge is 0.480 e.